The molecular weight excluding hydrogens is 534 g/mol. The standard InChI is InChI=1S/C22H25Br2NO4S/c1-22(2,3)12-5-7-14-17(9-12)30-20(19(14)21(27)28-4)25-18(26)11-29-16-8-6-13(23)10-15(16)24/h6,8,10,12H,5,7,9,11H2,1-4H3,(H,25,26). The van der Waals surface area contributed by atoms with Crippen molar-refractivity contribution in [3.8, 4) is 5.75 Å². The van der Waals surface area contributed by atoms with Gasteiger partial charge in [0.25, 0.3) is 5.91 Å². The summed E-state index contributed by atoms with van der Waals surface area (Å²) >= 11 is 8.28. The normalized spacial score (nSPS) is 16.0. The summed E-state index contributed by atoms with van der Waals surface area (Å²) in [5, 5.41) is 3.41. The van der Waals surface area contributed by atoms with E-state index >= 15 is 0 Å². The van der Waals surface area contributed by atoms with Gasteiger partial charge in [-0.05, 0) is 70.3 Å². The molecule has 3 rings (SSSR count). The van der Waals surface area contributed by atoms with Gasteiger partial charge in [-0.1, -0.05) is 36.7 Å². The second-order valence-electron chi connectivity index (χ2n) is 8.42. The number of fused-ring (bicyclic) bond motifs is 1. The van der Waals surface area contributed by atoms with E-state index in [9.17, 15) is 9.59 Å². The zero-order valence-electron chi connectivity index (χ0n) is 17.4. The lowest BCUT2D eigenvalue weighted by Gasteiger charge is -2.33. The number of anilines is 1. The van der Waals surface area contributed by atoms with Crippen molar-refractivity contribution >= 4 is 60.1 Å². The third-order valence-electron chi connectivity index (χ3n) is 5.39. The van der Waals surface area contributed by atoms with Gasteiger partial charge >= 0.3 is 5.97 Å². The highest BCUT2D eigenvalue weighted by atomic mass is 79.9. The second-order valence-corrected chi connectivity index (χ2v) is 11.3. The van der Waals surface area contributed by atoms with Crippen LogP contribution < -0.4 is 10.1 Å². The van der Waals surface area contributed by atoms with E-state index in [1.54, 1.807) is 6.07 Å². The van der Waals surface area contributed by atoms with E-state index in [1.165, 1.54) is 18.4 Å². The SMILES string of the molecule is COC(=O)c1c(NC(=O)COc2ccc(Br)cc2Br)sc2c1CCC(C(C)(C)C)C2. The van der Waals surface area contributed by atoms with E-state index < -0.39 is 5.97 Å². The molecule has 0 fully saturated rings. The summed E-state index contributed by atoms with van der Waals surface area (Å²) in [5.74, 6) is 0.380. The number of hydrogen-bond acceptors (Lipinski definition) is 5. The Kier molecular flexibility index (Phi) is 7.30. The van der Waals surface area contributed by atoms with Crippen molar-refractivity contribution in [1.29, 1.82) is 0 Å². The van der Waals surface area contributed by atoms with Crippen molar-refractivity contribution in [2.24, 2.45) is 11.3 Å². The lowest BCUT2D eigenvalue weighted by atomic mass is 9.72. The Bertz CT molecular complexity index is 965. The van der Waals surface area contributed by atoms with Gasteiger partial charge < -0.3 is 14.8 Å². The van der Waals surface area contributed by atoms with Gasteiger partial charge in [-0.15, -0.1) is 11.3 Å². The molecule has 0 saturated heterocycles. The predicted molar refractivity (Wildman–Crippen MR) is 127 cm³/mol. The Labute approximate surface area is 197 Å². The fourth-order valence-electron chi connectivity index (χ4n) is 3.63. The molecule has 162 valence electrons. The molecule has 1 aliphatic carbocycles. The van der Waals surface area contributed by atoms with Gasteiger partial charge in [0.1, 0.15) is 10.8 Å². The first-order chi connectivity index (χ1) is 14.1. The second kappa shape index (κ2) is 9.40. The number of carbonyl (C=O) groups is 2. The first-order valence-corrected chi connectivity index (χ1v) is 12.1. The third kappa shape index (κ3) is 5.26. The number of halogens is 2. The lowest BCUT2D eigenvalue weighted by Crippen LogP contribution is -2.26. The number of nitrogens with one attached hydrogen (secondary N) is 1. The molecule has 5 nitrogen and oxygen atoms in total. The van der Waals surface area contributed by atoms with Crippen LogP contribution in [0.25, 0.3) is 0 Å². The minimum absolute atomic E-state index is 0.159. The van der Waals surface area contributed by atoms with Gasteiger partial charge in [-0.2, -0.15) is 0 Å². The molecular formula is C22H25Br2NO4S. The van der Waals surface area contributed by atoms with Crippen molar-refractivity contribution in [2.45, 2.75) is 40.0 Å². The molecule has 1 heterocycles. The minimum atomic E-state index is -0.409. The molecule has 2 aromatic rings. The van der Waals surface area contributed by atoms with Crippen molar-refractivity contribution in [3.63, 3.8) is 0 Å². The number of hydrogen-bond donors (Lipinski definition) is 1. The third-order valence-corrected chi connectivity index (χ3v) is 7.67. The number of esters is 1. The van der Waals surface area contributed by atoms with Crippen LogP contribution in [0.3, 0.4) is 0 Å². The number of methoxy groups -OCH3 is 1. The summed E-state index contributed by atoms with van der Waals surface area (Å²) < 4.78 is 12.3. The molecule has 1 aliphatic rings. The van der Waals surface area contributed by atoms with E-state index in [2.05, 4.69) is 57.9 Å². The van der Waals surface area contributed by atoms with Crippen LogP contribution in [0, 0.1) is 11.3 Å². The van der Waals surface area contributed by atoms with Crippen molar-refractivity contribution < 1.29 is 19.1 Å². The molecule has 0 aliphatic heterocycles. The van der Waals surface area contributed by atoms with Gasteiger partial charge in [0.2, 0.25) is 0 Å². The molecule has 30 heavy (non-hydrogen) atoms. The highest BCUT2D eigenvalue weighted by Crippen LogP contribution is 2.44. The maximum Gasteiger partial charge on any atom is 0.341 e. The van der Waals surface area contributed by atoms with Crippen LogP contribution in [0.5, 0.6) is 5.75 Å². The Morgan fingerprint density at radius 1 is 1.27 bits per heavy atom. The van der Waals surface area contributed by atoms with E-state index in [0.29, 0.717) is 22.2 Å². The highest BCUT2D eigenvalue weighted by Gasteiger charge is 2.34. The Balaban J connectivity index is 1.77. The first-order valence-electron chi connectivity index (χ1n) is 9.70. The zero-order chi connectivity index (χ0) is 22.1. The maximum atomic E-state index is 12.6. The summed E-state index contributed by atoms with van der Waals surface area (Å²) in [6.45, 7) is 6.58. The average Bonchev–Trinajstić information content (AvgIpc) is 3.02. The topological polar surface area (TPSA) is 64.6 Å². The van der Waals surface area contributed by atoms with Crippen molar-refractivity contribution in [1.82, 2.24) is 0 Å². The monoisotopic (exact) mass is 557 g/mol. The molecule has 1 aromatic carbocycles. The molecule has 0 radical (unpaired) electrons. The number of carbonyl (C=O) groups excluding carboxylic acids is 2. The van der Waals surface area contributed by atoms with Crippen molar-refractivity contribution in [3.05, 3.63) is 43.1 Å². The Hall–Kier alpha value is -1.38. The molecule has 1 amide bonds. The zero-order valence-corrected chi connectivity index (χ0v) is 21.4. The smallest absolute Gasteiger partial charge is 0.341 e. The largest absolute Gasteiger partial charge is 0.483 e. The van der Waals surface area contributed by atoms with Crippen LogP contribution in [0.15, 0.2) is 27.1 Å². The summed E-state index contributed by atoms with van der Waals surface area (Å²) in [5.41, 5.74) is 1.70. The van der Waals surface area contributed by atoms with E-state index in [4.69, 9.17) is 9.47 Å². The number of thiophene rings is 1. The van der Waals surface area contributed by atoms with Gasteiger partial charge in [-0.3, -0.25) is 4.79 Å². The van der Waals surface area contributed by atoms with E-state index in [1.807, 2.05) is 12.1 Å². The molecule has 0 bridgehead atoms. The highest BCUT2D eigenvalue weighted by molar-refractivity contribution is 9.11. The first kappa shape index (κ1) is 23.3. The molecule has 0 spiro atoms. The molecule has 0 saturated carbocycles. The number of rotatable bonds is 5. The van der Waals surface area contributed by atoms with E-state index in [0.717, 1.165) is 38.6 Å². The number of benzene rings is 1. The summed E-state index contributed by atoms with van der Waals surface area (Å²) in [7, 11) is 1.37. The molecule has 1 N–H and O–H groups in total. The fourth-order valence-corrected chi connectivity index (χ4v) is 6.12. The van der Waals surface area contributed by atoms with Crippen LogP contribution in [-0.2, 0) is 22.4 Å². The van der Waals surface area contributed by atoms with Gasteiger partial charge in [0.05, 0.1) is 17.1 Å². The molecule has 8 heteroatoms. The van der Waals surface area contributed by atoms with Crippen molar-refractivity contribution in [2.75, 3.05) is 19.0 Å². The Morgan fingerprint density at radius 2 is 2.00 bits per heavy atom. The van der Waals surface area contributed by atoms with Gasteiger partial charge in [-0.25, -0.2) is 4.79 Å². The van der Waals surface area contributed by atoms with E-state index in [-0.39, 0.29) is 17.9 Å². The summed E-state index contributed by atoms with van der Waals surface area (Å²) in [6, 6.07) is 5.46. The van der Waals surface area contributed by atoms with Gasteiger partial charge in [0.15, 0.2) is 6.61 Å². The van der Waals surface area contributed by atoms with Gasteiger partial charge in [0, 0.05) is 9.35 Å². The minimum Gasteiger partial charge on any atom is -0.483 e. The van der Waals surface area contributed by atoms with Crippen LogP contribution in [0.4, 0.5) is 5.00 Å². The average molecular weight is 559 g/mol. The summed E-state index contributed by atoms with van der Waals surface area (Å²) in [6.07, 6.45) is 2.74. The molecule has 1 unspecified atom stereocenters. The molecule has 1 atom stereocenters. The van der Waals surface area contributed by atoms with Crippen LogP contribution in [-0.4, -0.2) is 25.6 Å². The predicted octanol–water partition coefficient (Wildman–Crippen LogP) is 6.23. The quantitative estimate of drug-likeness (QED) is 0.442. The van der Waals surface area contributed by atoms with Crippen LogP contribution in [0.2, 0.25) is 0 Å². The Morgan fingerprint density at radius 3 is 2.63 bits per heavy atom. The summed E-state index contributed by atoms with van der Waals surface area (Å²) in [4.78, 5) is 26.2. The lowest BCUT2D eigenvalue weighted by molar-refractivity contribution is -0.118. The number of amides is 1. The molecule has 1 aromatic heterocycles. The fraction of sp³-hybridized carbons (Fsp3) is 0.455. The maximum absolute atomic E-state index is 12.6. The van der Waals surface area contributed by atoms with Crippen LogP contribution in [0.1, 0.15) is 48.0 Å². The van der Waals surface area contributed by atoms with Crippen LogP contribution >= 0.6 is 43.2 Å². The number of ether oxygens (including phenoxy) is 2.